The number of benzene rings is 2. The summed E-state index contributed by atoms with van der Waals surface area (Å²) in [5.41, 5.74) is 3.96. The summed E-state index contributed by atoms with van der Waals surface area (Å²) in [6.07, 6.45) is 5.70. The van der Waals surface area contributed by atoms with Crippen LogP contribution in [0.1, 0.15) is 48.8 Å². The van der Waals surface area contributed by atoms with Crippen LogP contribution < -0.4 is 10.6 Å². The van der Waals surface area contributed by atoms with Gasteiger partial charge in [0.25, 0.3) is 0 Å². The summed E-state index contributed by atoms with van der Waals surface area (Å²) in [5, 5.41) is 14.9. The number of amides is 2. The highest BCUT2D eigenvalue weighted by Gasteiger charge is 2.38. The van der Waals surface area contributed by atoms with E-state index in [2.05, 4.69) is 52.8 Å². The van der Waals surface area contributed by atoms with Crippen LogP contribution in [-0.4, -0.2) is 29.1 Å². The fraction of sp³-hybridized carbons (Fsp3) is 0.417. The molecule has 2 fully saturated rings. The molecule has 2 aliphatic heterocycles. The van der Waals surface area contributed by atoms with E-state index in [1.807, 2.05) is 0 Å². The average Bonchev–Trinajstić information content (AvgIpc) is 2.71. The summed E-state index contributed by atoms with van der Waals surface area (Å²) in [5.74, 6) is 0. The van der Waals surface area contributed by atoms with Crippen LogP contribution in [0, 0.1) is 18.3 Å². The highest BCUT2D eigenvalue weighted by molar-refractivity contribution is 5.89. The van der Waals surface area contributed by atoms with Gasteiger partial charge in [-0.2, -0.15) is 5.26 Å². The van der Waals surface area contributed by atoms with Crippen molar-refractivity contribution >= 4 is 11.7 Å². The lowest BCUT2D eigenvalue weighted by Crippen LogP contribution is -2.56. The maximum absolute atomic E-state index is 12.5. The zero-order valence-electron chi connectivity index (χ0n) is 16.9. The number of nitriles is 1. The Balaban J connectivity index is 1.34. The Morgan fingerprint density at radius 1 is 1.07 bits per heavy atom. The minimum Gasteiger partial charge on any atom is -0.335 e. The van der Waals surface area contributed by atoms with Crippen molar-refractivity contribution in [1.82, 2.24) is 10.2 Å². The van der Waals surface area contributed by atoms with Gasteiger partial charge in [0.05, 0.1) is 11.6 Å². The van der Waals surface area contributed by atoms with Crippen molar-refractivity contribution < 1.29 is 4.79 Å². The van der Waals surface area contributed by atoms with Gasteiger partial charge in [-0.1, -0.05) is 36.2 Å². The number of carbonyl (C=O) groups excluding carboxylic acids is 1. The van der Waals surface area contributed by atoms with Crippen molar-refractivity contribution in [2.75, 3.05) is 5.32 Å². The molecule has 2 N–H and O–H groups in total. The van der Waals surface area contributed by atoms with Crippen LogP contribution in [0.2, 0.25) is 0 Å². The van der Waals surface area contributed by atoms with Gasteiger partial charge in [-0.3, -0.25) is 4.90 Å². The number of nitrogens with one attached hydrogen (secondary N) is 2. The van der Waals surface area contributed by atoms with E-state index >= 15 is 0 Å². The number of aryl methyl sites for hydroxylation is 1. The second-order valence-corrected chi connectivity index (χ2v) is 8.35. The molecular weight excluding hydrogens is 360 g/mol. The first-order valence-electron chi connectivity index (χ1n) is 10.5. The quantitative estimate of drug-likeness (QED) is 0.806. The number of carbonyl (C=O) groups is 1. The number of rotatable bonds is 4. The standard InChI is InChI=1S/C24H28N4O/c1-17-5-7-19(8-6-17)16-28-22-3-2-4-23(28)14-21(13-22)27-24(29)26-20-11-9-18(15-25)10-12-20/h5-12,21-23H,2-4,13-14,16H2,1H3,(H2,26,27,29)/t22-,23-/m0/s1. The van der Waals surface area contributed by atoms with Gasteiger partial charge in [0.15, 0.2) is 0 Å². The molecule has 2 aromatic carbocycles. The van der Waals surface area contributed by atoms with Crippen LogP contribution in [0.25, 0.3) is 0 Å². The monoisotopic (exact) mass is 388 g/mol. The fourth-order valence-corrected chi connectivity index (χ4v) is 4.74. The summed E-state index contributed by atoms with van der Waals surface area (Å²) in [6.45, 7) is 3.12. The normalized spacial score (nSPS) is 23.8. The maximum atomic E-state index is 12.5. The first-order chi connectivity index (χ1) is 14.1. The summed E-state index contributed by atoms with van der Waals surface area (Å²) < 4.78 is 0. The van der Waals surface area contributed by atoms with E-state index in [0.717, 1.165) is 19.4 Å². The van der Waals surface area contributed by atoms with Crippen LogP contribution in [0.3, 0.4) is 0 Å². The molecule has 0 saturated carbocycles. The molecule has 5 heteroatoms. The molecule has 0 unspecified atom stereocenters. The molecule has 2 heterocycles. The maximum Gasteiger partial charge on any atom is 0.319 e. The van der Waals surface area contributed by atoms with E-state index in [0.29, 0.717) is 23.3 Å². The van der Waals surface area contributed by atoms with Gasteiger partial charge in [-0.25, -0.2) is 4.79 Å². The Bertz CT molecular complexity index is 871. The average molecular weight is 389 g/mol. The molecule has 2 aliphatic rings. The van der Waals surface area contributed by atoms with Crippen molar-refractivity contribution in [1.29, 1.82) is 5.26 Å². The molecule has 2 saturated heterocycles. The molecule has 5 nitrogen and oxygen atoms in total. The van der Waals surface area contributed by atoms with Crippen molar-refractivity contribution in [2.45, 2.75) is 63.7 Å². The third kappa shape index (κ3) is 4.78. The first-order valence-corrected chi connectivity index (χ1v) is 10.5. The molecule has 2 amide bonds. The van der Waals surface area contributed by atoms with Gasteiger partial charge in [-0.15, -0.1) is 0 Å². The molecule has 29 heavy (non-hydrogen) atoms. The molecule has 2 aromatic rings. The van der Waals surface area contributed by atoms with Crippen molar-refractivity contribution in [2.24, 2.45) is 0 Å². The third-order valence-electron chi connectivity index (χ3n) is 6.22. The van der Waals surface area contributed by atoms with Gasteiger partial charge < -0.3 is 10.6 Å². The molecule has 0 radical (unpaired) electrons. The Hall–Kier alpha value is -2.84. The lowest BCUT2D eigenvalue weighted by molar-refractivity contribution is 0.0200. The summed E-state index contributed by atoms with van der Waals surface area (Å²) in [7, 11) is 0. The minimum absolute atomic E-state index is 0.162. The van der Waals surface area contributed by atoms with Crippen LogP contribution in [0.4, 0.5) is 10.5 Å². The van der Waals surface area contributed by atoms with Gasteiger partial charge in [-0.05, 0) is 62.4 Å². The van der Waals surface area contributed by atoms with Crippen LogP contribution in [-0.2, 0) is 6.54 Å². The van der Waals surface area contributed by atoms with Crippen molar-refractivity contribution in [3.05, 3.63) is 65.2 Å². The van der Waals surface area contributed by atoms with E-state index in [-0.39, 0.29) is 12.1 Å². The number of urea groups is 1. The van der Waals surface area contributed by atoms with E-state index in [4.69, 9.17) is 5.26 Å². The molecule has 2 bridgehead atoms. The zero-order chi connectivity index (χ0) is 20.2. The van der Waals surface area contributed by atoms with E-state index in [1.165, 1.54) is 30.4 Å². The number of fused-ring (bicyclic) bond motifs is 2. The summed E-state index contributed by atoms with van der Waals surface area (Å²) >= 11 is 0. The highest BCUT2D eigenvalue weighted by atomic mass is 16.2. The lowest BCUT2D eigenvalue weighted by atomic mass is 9.81. The van der Waals surface area contributed by atoms with Gasteiger partial charge in [0, 0.05) is 30.4 Å². The molecule has 2 atom stereocenters. The van der Waals surface area contributed by atoms with Crippen LogP contribution in [0.15, 0.2) is 48.5 Å². The SMILES string of the molecule is Cc1ccc(CN2[C@H]3CCC[C@H]2CC(NC(=O)Nc2ccc(C#N)cc2)C3)cc1. The third-order valence-corrected chi connectivity index (χ3v) is 6.22. The van der Waals surface area contributed by atoms with Gasteiger partial charge in [0.2, 0.25) is 0 Å². The Morgan fingerprint density at radius 2 is 1.72 bits per heavy atom. The van der Waals surface area contributed by atoms with Crippen LogP contribution in [0.5, 0.6) is 0 Å². The second kappa shape index (κ2) is 8.67. The van der Waals surface area contributed by atoms with E-state index < -0.39 is 0 Å². The lowest BCUT2D eigenvalue weighted by Gasteiger charge is -2.49. The molecule has 4 rings (SSSR count). The fourth-order valence-electron chi connectivity index (χ4n) is 4.74. The summed E-state index contributed by atoms with van der Waals surface area (Å²) in [6, 6.07) is 19.0. The molecular formula is C24H28N4O. The molecule has 0 aromatic heterocycles. The number of piperidine rings is 2. The number of anilines is 1. The Kier molecular flexibility index (Phi) is 5.82. The Morgan fingerprint density at radius 3 is 2.34 bits per heavy atom. The predicted molar refractivity (Wildman–Crippen MR) is 114 cm³/mol. The van der Waals surface area contributed by atoms with Gasteiger partial charge >= 0.3 is 6.03 Å². The predicted octanol–water partition coefficient (Wildman–Crippen LogP) is 4.57. The summed E-state index contributed by atoms with van der Waals surface area (Å²) in [4.78, 5) is 15.1. The molecule has 0 aliphatic carbocycles. The largest absolute Gasteiger partial charge is 0.335 e. The smallest absolute Gasteiger partial charge is 0.319 e. The Labute approximate surface area is 172 Å². The van der Waals surface area contributed by atoms with Crippen molar-refractivity contribution in [3.63, 3.8) is 0 Å². The van der Waals surface area contributed by atoms with Crippen LogP contribution >= 0.6 is 0 Å². The molecule has 150 valence electrons. The van der Waals surface area contributed by atoms with E-state index in [9.17, 15) is 4.79 Å². The molecule has 0 spiro atoms. The topological polar surface area (TPSA) is 68.2 Å². The van der Waals surface area contributed by atoms with Crippen molar-refractivity contribution in [3.8, 4) is 6.07 Å². The zero-order valence-corrected chi connectivity index (χ0v) is 16.9. The van der Waals surface area contributed by atoms with E-state index in [1.54, 1.807) is 24.3 Å². The highest BCUT2D eigenvalue weighted by Crippen LogP contribution is 2.35. The second-order valence-electron chi connectivity index (χ2n) is 8.35. The first kappa shape index (κ1) is 19.5. The number of hydrogen-bond acceptors (Lipinski definition) is 3. The minimum atomic E-state index is -0.162. The number of nitrogens with zero attached hydrogens (tertiary/aromatic N) is 2. The number of hydrogen-bond donors (Lipinski definition) is 2. The van der Waals surface area contributed by atoms with Gasteiger partial charge in [0.1, 0.15) is 0 Å².